The van der Waals surface area contributed by atoms with Crippen molar-refractivity contribution >= 4 is 5.97 Å². The number of rotatable bonds is 4. The van der Waals surface area contributed by atoms with Crippen LogP contribution in [0.4, 0.5) is 13.2 Å². The van der Waals surface area contributed by atoms with Crippen LogP contribution in [0.1, 0.15) is 12.5 Å². The van der Waals surface area contributed by atoms with Gasteiger partial charge in [0.1, 0.15) is 6.61 Å². The summed E-state index contributed by atoms with van der Waals surface area (Å²) in [6.07, 6.45) is -6.66. The van der Waals surface area contributed by atoms with Gasteiger partial charge in [-0.3, -0.25) is 4.79 Å². The fourth-order valence-electron chi connectivity index (χ4n) is 1.42. The molecule has 0 aliphatic heterocycles. The van der Waals surface area contributed by atoms with E-state index in [-0.39, 0.29) is 6.61 Å². The van der Waals surface area contributed by atoms with Crippen LogP contribution in [-0.2, 0) is 16.1 Å². The first kappa shape index (κ1) is 14.5. The average Bonchev–Trinajstić information content (AvgIpc) is 2.25. The van der Waals surface area contributed by atoms with Gasteiger partial charge in [-0.1, -0.05) is 30.3 Å². The third-order valence-corrected chi connectivity index (χ3v) is 2.31. The molecule has 0 saturated carbocycles. The fraction of sp³-hybridized carbons (Fsp3) is 0.417. The Labute approximate surface area is 102 Å². The molecule has 1 aromatic carbocycles. The minimum Gasteiger partial charge on any atom is -0.460 e. The Morgan fingerprint density at radius 3 is 2.33 bits per heavy atom. The molecule has 1 aromatic rings. The van der Waals surface area contributed by atoms with Crippen LogP contribution in [0.2, 0.25) is 0 Å². The first-order valence-corrected chi connectivity index (χ1v) is 5.27. The zero-order valence-corrected chi connectivity index (χ0v) is 9.65. The molecular formula is C12H13F3O3. The predicted octanol–water partition coefficient (Wildman–Crippen LogP) is 2.29. The van der Waals surface area contributed by atoms with Gasteiger partial charge in [0.05, 0.1) is 6.10 Å². The maximum Gasteiger partial charge on any atom is 0.404 e. The van der Waals surface area contributed by atoms with E-state index >= 15 is 0 Å². The van der Waals surface area contributed by atoms with E-state index in [1.165, 1.54) is 0 Å². The lowest BCUT2D eigenvalue weighted by atomic mass is 10.0. The molecular weight excluding hydrogens is 249 g/mol. The highest BCUT2D eigenvalue weighted by atomic mass is 19.4. The molecule has 0 saturated heterocycles. The van der Waals surface area contributed by atoms with E-state index in [1.54, 1.807) is 30.3 Å². The van der Waals surface area contributed by atoms with Crippen molar-refractivity contribution < 1.29 is 27.8 Å². The number of aliphatic hydroxyl groups excluding tert-OH is 1. The van der Waals surface area contributed by atoms with Crippen LogP contribution < -0.4 is 0 Å². The maximum absolute atomic E-state index is 12.5. The number of ether oxygens (including phenoxy) is 1. The van der Waals surface area contributed by atoms with Crippen molar-refractivity contribution in [2.75, 3.05) is 0 Å². The minimum atomic E-state index is -4.82. The molecule has 1 rings (SSSR count). The normalized spacial score (nSPS) is 14.9. The second-order valence-electron chi connectivity index (χ2n) is 3.85. The van der Waals surface area contributed by atoms with Crippen molar-refractivity contribution in [1.29, 1.82) is 0 Å². The first-order valence-electron chi connectivity index (χ1n) is 5.27. The van der Waals surface area contributed by atoms with Gasteiger partial charge in [-0.2, -0.15) is 13.2 Å². The van der Waals surface area contributed by atoms with Crippen molar-refractivity contribution in [3.63, 3.8) is 0 Å². The molecule has 0 fully saturated rings. The molecule has 0 aliphatic rings. The molecule has 0 aliphatic carbocycles. The molecule has 18 heavy (non-hydrogen) atoms. The zero-order valence-electron chi connectivity index (χ0n) is 9.65. The van der Waals surface area contributed by atoms with E-state index in [4.69, 9.17) is 5.11 Å². The molecule has 1 N–H and O–H groups in total. The lowest BCUT2D eigenvalue weighted by Gasteiger charge is -2.21. The summed E-state index contributed by atoms with van der Waals surface area (Å²) >= 11 is 0. The smallest absolute Gasteiger partial charge is 0.404 e. The predicted molar refractivity (Wildman–Crippen MR) is 57.5 cm³/mol. The second kappa shape index (κ2) is 5.86. The number of aliphatic hydroxyl groups is 1. The van der Waals surface area contributed by atoms with Gasteiger partial charge in [0.2, 0.25) is 0 Å². The van der Waals surface area contributed by atoms with Crippen LogP contribution in [0.3, 0.4) is 0 Å². The fourth-order valence-corrected chi connectivity index (χ4v) is 1.42. The molecule has 3 nitrogen and oxygen atoms in total. The quantitative estimate of drug-likeness (QED) is 0.847. The summed E-state index contributed by atoms with van der Waals surface area (Å²) in [6, 6.07) is 8.34. The molecule has 0 bridgehead atoms. The lowest BCUT2D eigenvalue weighted by molar-refractivity contribution is -0.213. The number of alkyl halides is 3. The van der Waals surface area contributed by atoms with Gasteiger partial charge < -0.3 is 9.84 Å². The van der Waals surface area contributed by atoms with Crippen LogP contribution in [0.15, 0.2) is 30.3 Å². The summed E-state index contributed by atoms with van der Waals surface area (Å²) in [7, 11) is 0. The monoisotopic (exact) mass is 262 g/mol. The molecule has 0 radical (unpaired) electrons. The summed E-state index contributed by atoms with van der Waals surface area (Å²) in [5.74, 6) is -3.98. The zero-order chi connectivity index (χ0) is 13.8. The highest BCUT2D eigenvalue weighted by Gasteiger charge is 2.49. The van der Waals surface area contributed by atoms with Crippen molar-refractivity contribution in [2.24, 2.45) is 5.92 Å². The van der Waals surface area contributed by atoms with Gasteiger partial charge in [-0.05, 0) is 12.5 Å². The summed E-state index contributed by atoms with van der Waals surface area (Å²) in [4.78, 5) is 11.3. The largest absolute Gasteiger partial charge is 0.460 e. The standard InChI is InChI=1S/C12H13F3O3/c1-8(16)10(12(13,14)15)11(17)18-7-9-5-3-2-4-6-9/h2-6,8,10,16H,7H2,1H3. The number of esters is 1. The summed E-state index contributed by atoms with van der Waals surface area (Å²) in [5.41, 5.74) is 0.581. The van der Waals surface area contributed by atoms with Gasteiger partial charge in [0.25, 0.3) is 0 Å². The molecule has 6 heteroatoms. The highest BCUT2D eigenvalue weighted by Crippen LogP contribution is 2.30. The SMILES string of the molecule is CC(O)C(C(=O)OCc1ccccc1)C(F)(F)F. The number of hydrogen-bond donors (Lipinski definition) is 1. The van der Waals surface area contributed by atoms with Gasteiger partial charge in [-0.15, -0.1) is 0 Å². The number of halogens is 3. The van der Waals surface area contributed by atoms with Crippen molar-refractivity contribution in [2.45, 2.75) is 25.8 Å². The Bertz CT molecular complexity index is 387. The third-order valence-electron chi connectivity index (χ3n) is 2.31. The number of carbonyl (C=O) groups is 1. The van der Waals surface area contributed by atoms with Gasteiger partial charge in [-0.25, -0.2) is 0 Å². The Kier molecular flexibility index (Phi) is 4.72. The van der Waals surface area contributed by atoms with Crippen LogP contribution >= 0.6 is 0 Å². The van der Waals surface area contributed by atoms with Crippen LogP contribution in [0.5, 0.6) is 0 Å². The molecule has 100 valence electrons. The third kappa shape index (κ3) is 4.03. The summed E-state index contributed by atoms with van der Waals surface area (Å²) < 4.78 is 42.0. The van der Waals surface area contributed by atoms with Crippen LogP contribution in [0.25, 0.3) is 0 Å². The van der Waals surface area contributed by atoms with Crippen LogP contribution in [-0.4, -0.2) is 23.4 Å². The number of carbonyl (C=O) groups excluding carboxylic acids is 1. The topological polar surface area (TPSA) is 46.5 Å². The van der Waals surface area contributed by atoms with E-state index in [1.807, 2.05) is 0 Å². The second-order valence-corrected chi connectivity index (χ2v) is 3.85. The van der Waals surface area contributed by atoms with Crippen molar-refractivity contribution in [1.82, 2.24) is 0 Å². The molecule has 0 heterocycles. The number of hydrogen-bond acceptors (Lipinski definition) is 3. The Morgan fingerprint density at radius 1 is 1.33 bits per heavy atom. The molecule has 2 unspecified atom stereocenters. The first-order chi connectivity index (χ1) is 8.32. The summed E-state index contributed by atoms with van der Waals surface area (Å²) in [6.45, 7) is 0.654. The van der Waals surface area contributed by atoms with E-state index in [0.717, 1.165) is 6.92 Å². The Hall–Kier alpha value is -1.56. The van der Waals surface area contributed by atoms with E-state index < -0.39 is 24.2 Å². The molecule has 0 aromatic heterocycles. The van der Waals surface area contributed by atoms with Crippen molar-refractivity contribution in [3.8, 4) is 0 Å². The Morgan fingerprint density at radius 2 is 1.89 bits per heavy atom. The number of benzene rings is 1. The molecule has 2 atom stereocenters. The van der Waals surface area contributed by atoms with Gasteiger partial charge >= 0.3 is 12.1 Å². The van der Waals surface area contributed by atoms with E-state index in [0.29, 0.717) is 5.56 Å². The molecule has 0 spiro atoms. The van der Waals surface area contributed by atoms with Crippen LogP contribution in [0, 0.1) is 5.92 Å². The Balaban J connectivity index is 2.64. The summed E-state index contributed by atoms with van der Waals surface area (Å²) in [5, 5.41) is 8.99. The van der Waals surface area contributed by atoms with E-state index in [2.05, 4.69) is 4.74 Å². The van der Waals surface area contributed by atoms with Gasteiger partial charge in [0, 0.05) is 0 Å². The molecule has 0 amide bonds. The lowest BCUT2D eigenvalue weighted by Crippen LogP contribution is -2.39. The minimum absolute atomic E-state index is 0.251. The van der Waals surface area contributed by atoms with Crippen molar-refractivity contribution in [3.05, 3.63) is 35.9 Å². The average molecular weight is 262 g/mol. The van der Waals surface area contributed by atoms with E-state index in [9.17, 15) is 18.0 Å². The maximum atomic E-state index is 12.5. The van der Waals surface area contributed by atoms with Gasteiger partial charge in [0.15, 0.2) is 5.92 Å². The highest BCUT2D eigenvalue weighted by molar-refractivity contribution is 5.74.